The van der Waals surface area contributed by atoms with E-state index in [1.165, 1.54) is 37.4 Å². The standard InChI is InChI=1S/C24H24FN3O/c25-22-2-1-3-23-21(22)12-19(13-26-23)27-24(29)18-8-10-20(11-9-18)28-14-16-4-5-17(15-28)7-6-16/h1-3,8-13,16-17H,4-7,14-15H2,(H,27,29). The van der Waals surface area contributed by atoms with Gasteiger partial charge in [0, 0.05) is 29.7 Å². The molecule has 0 radical (unpaired) electrons. The van der Waals surface area contributed by atoms with Gasteiger partial charge in [-0.2, -0.15) is 0 Å². The molecule has 3 aromatic rings. The number of fused-ring (bicyclic) bond motifs is 5. The topological polar surface area (TPSA) is 45.2 Å². The number of carbonyl (C=O) groups is 1. The lowest BCUT2D eigenvalue weighted by molar-refractivity contribution is 0.102. The monoisotopic (exact) mass is 389 g/mol. The van der Waals surface area contributed by atoms with E-state index in [0.29, 0.717) is 22.2 Å². The quantitative estimate of drug-likeness (QED) is 0.665. The van der Waals surface area contributed by atoms with Crippen LogP contribution in [-0.2, 0) is 0 Å². The van der Waals surface area contributed by atoms with Gasteiger partial charge in [0.1, 0.15) is 5.82 Å². The van der Waals surface area contributed by atoms with Gasteiger partial charge in [-0.3, -0.25) is 9.78 Å². The Hall–Kier alpha value is -2.95. The molecule has 4 nitrogen and oxygen atoms in total. The molecule has 1 N–H and O–H groups in total. The van der Waals surface area contributed by atoms with Crippen molar-refractivity contribution in [2.75, 3.05) is 23.3 Å². The molecule has 2 aliphatic heterocycles. The molecule has 3 fully saturated rings. The number of hydrogen-bond donors (Lipinski definition) is 1. The number of anilines is 2. The molecule has 1 amide bonds. The molecule has 0 spiro atoms. The van der Waals surface area contributed by atoms with Gasteiger partial charge in [-0.15, -0.1) is 0 Å². The Balaban J connectivity index is 1.31. The van der Waals surface area contributed by atoms with Gasteiger partial charge in [-0.05, 0) is 80.0 Å². The molecule has 2 bridgehead atoms. The molecule has 3 aliphatic rings. The van der Waals surface area contributed by atoms with Crippen LogP contribution in [0.1, 0.15) is 36.0 Å². The number of nitrogens with zero attached hydrogens (tertiary/aromatic N) is 2. The molecule has 148 valence electrons. The highest BCUT2D eigenvalue weighted by atomic mass is 19.1. The minimum absolute atomic E-state index is 0.218. The van der Waals surface area contributed by atoms with E-state index in [0.717, 1.165) is 24.9 Å². The molecule has 0 unspecified atom stereocenters. The molecule has 1 aromatic heterocycles. The SMILES string of the molecule is O=C(Nc1cnc2cccc(F)c2c1)c1ccc(N2CC3CCC(CC3)C2)cc1. The summed E-state index contributed by atoms with van der Waals surface area (Å²) in [5, 5.41) is 3.23. The summed E-state index contributed by atoms with van der Waals surface area (Å²) >= 11 is 0. The second-order valence-corrected chi connectivity index (χ2v) is 8.32. The van der Waals surface area contributed by atoms with Gasteiger partial charge in [-0.1, -0.05) is 6.07 Å². The summed E-state index contributed by atoms with van der Waals surface area (Å²) in [5.74, 6) is 1.04. The zero-order chi connectivity index (χ0) is 19.8. The largest absolute Gasteiger partial charge is 0.371 e. The first kappa shape index (κ1) is 18.1. The Bertz CT molecular complexity index is 1030. The van der Waals surface area contributed by atoms with Gasteiger partial charge in [0.25, 0.3) is 5.91 Å². The maximum atomic E-state index is 14.0. The average Bonchev–Trinajstić information content (AvgIpc) is 3.08. The third kappa shape index (κ3) is 3.69. The van der Waals surface area contributed by atoms with Crippen LogP contribution in [0.3, 0.4) is 0 Å². The van der Waals surface area contributed by atoms with E-state index in [2.05, 4.69) is 15.2 Å². The first-order valence-corrected chi connectivity index (χ1v) is 10.4. The van der Waals surface area contributed by atoms with Crippen molar-refractivity contribution < 1.29 is 9.18 Å². The Morgan fingerprint density at radius 3 is 2.38 bits per heavy atom. The fourth-order valence-electron chi connectivity index (χ4n) is 4.71. The average molecular weight is 389 g/mol. The maximum absolute atomic E-state index is 14.0. The highest BCUT2D eigenvalue weighted by Crippen LogP contribution is 2.35. The second-order valence-electron chi connectivity index (χ2n) is 8.32. The van der Waals surface area contributed by atoms with Gasteiger partial charge in [0.2, 0.25) is 0 Å². The number of halogens is 1. The lowest BCUT2D eigenvalue weighted by Crippen LogP contribution is -2.28. The predicted octanol–water partition coefficient (Wildman–Crippen LogP) is 5.25. The Morgan fingerprint density at radius 2 is 1.69 bits per heavy atom. The number of aromatic nitrogens is 1. The number of nitrogens with one attached hydrogen (secondary N) is 1. The van der Waals surface area contributed by atoms with Crippen LogP contribution in [0.25, 0.3) is 10.9 Å². The number of hydrogen-bond acceptors (Lipinski definition) is 3. The van der Waals surface area contributed by atoms with Crippen LogP contribution in [0.2, 0.25) is 0 Å². The van der Waals surface area contributed by atoms with Crippen molar-refractivity contribution in [1.29, 1.82) is 0 Å². The van der Waals surface area contributed by atoms with Gasteiger partial charge < -0.3 is 10.2 Å². The highest BCUT2D eigenvalue weighted by molar-refractivity contribution is 6.05. The van der Waals surface area contributed by atoms with E-state index in [9.17, 15) is 9.18 Å². The van der Waals surface area contributed by atoms with Crippen molar-refractivity contribution >= 4 is 28.2 Å². The third-order valence-electron chi connectivity index (χ3n) is 6.35. The van der Waals surface area contributed by atoms with Crippen LogP contribution in [0.15, 0.2) is 54.7 Å². The third-order valence-corrected chi connectivity index (χ3v) is 6.35. The molecular formula is C24H24FN3O. The summed E-state index contributed by atoms with van der Waals surface area (Å²) < 4.78 is 14.0. The van der Waals surface area contributed by atoms with Crippen molar-refractivity contribution in [2.24, 2.45) is 11.8 Å². The fraction of sp³-hybridized carbons (Fsp3) is 0.333. The lowest BCUT2D eigenvalue weighted by atomic mass is 9.84. The zero-order valence-corrected chi connectivity index (χ0v) is 16.3. The maximum Gasteiger partial charge on any atom is 0.255 e. The van der Waals surface area contributed by atoms with E-state index >= 15 is 0 Å². The summed E-state index contributed by atoms with van der Waals surface area (Å²) in [6.07, 6.45) is 6.95. The van der Waals surface area contributed by atoms with Crippen molar-refractivity contribution in [2.45, 2.75) is 25.7 Å². The first-order valence-electron chi connectivity index (χ1n) is 10.4. The molecule has 6 rings (SSSR count). The molecule has 29 heavy (non-hydrogen) atoms. The Labute approximate surface area is 169 Å². The number of benzene rings is 2. The van der Waals surface area contributed by atoms with Crippen LogP contribution in [0, 0.1) is 17.7 Å². The van der Waals surface area contributed by atoms with E-state index < -0.39 is 0 Å². The molecular weight excluding hydrogens is 365 g/mol. The van der Waals surface area contributed by atoms with Gasteiger partial charge >= 0.3 is 0 Å². The smallest absolute Gasteiger partial charge is 0.255 e. The van der Waals surface area contributed by atoms with Crippen molar-refractivity contribution in [3.63, 3.8) is 0 Å². The van der Waals surface area contributed by atoms with Crippen molar-refractivity contribution in [3.05, 3.63) is 66.1 Å². The normalized spacial score (nSPS) is 21.2. The van der Waals surface area contributed by atoms with E-state index in [1.54, 1.807) is 24.4 Å². The van der Waals surface area contributed by atoms with Gasteiger partial charge in [0.15, 0.2) is 0 Å². The Kier molecular flexibility index (Phi) is 4.66. The molecule has 2 saturated heterocycles. The van der Waals surface area contributed by atoms with E-state index in [4.69, 9.17) is 0 Å². The fourth-order valence-corrected chi connectivity index (χ4v) is 4.71. The number of amides is 1. The van der Waals surface area contributed by atoms with Crippen molar-refractivity contribution in [3.8, 4) is 0 Å². The van der Waals surface area contributed by atoms with Crippen LogP contribution in [-0.4, -0.2) is 24.0 Å². The predicted molar refractivity (Wildman–Crippen MR) is 114 cm³/mol. The summed E-state index contributed by atoms with van der Waals surface area (Å²) in [7, 11) is 0. The van der Waals surface area contributed by atoms with Crippen LogP contribution >= 0.6 is 0 Å². The van der Waals surface area contributed by atoms with Crippen LogP contribution in [0.5, 0.6) is 0 Å². The van der Waals surface area contributed by atoms with Crippen molar-refractivity contribution in [1.82, 2.24) is 4.98 Å². The zero-order valence-electron chi connectivity index (χ0n) is 16.3. The molecule has 5 heteroatoms. The number of pyridine rings is 1. The summed E-state index contributed by atoms with van der Waals surface area (Å²) in [5.41, 5.74) is 2.83. The van der Waals surface area contributed by atoms with Crippen LogP contribution in [0.4, 0.5) is 15.8 Å². The number of carbonyl (C=O) groups excluding carboxylic acids is 1. The molecule has 2 aromatic carbocycles. The van der Waals surface area contributed by atoms with Gasteiger partial charge in [0.05, 0.1) is 17.4 Å². The molecule has 0 atom stereocenters. The molecule has 1 saturated carbocycles. The van der Waals surface area contributed by atoms with Crippen LogP contribution < -0.4 is 10.2 Å². The summed E-state index contributed by atoms with van der Waals surface area (Å²) in [4.78, 5) is 19.4. The van der Waals surface area contributed by atoms with E-state index in [-0.39, 0.29) is 11.7 Å². The molecule has 1 aliphatic carbocycles. The second kappa shape index (κ2) is 7.47. The summed E-state index contributed by atoms with van der Waals surface area (Å²) in [6.45, 7) is 2.24. The minimum Gasteiger partial charge on any atom is -0.371 e. The lowest BCUT2D eigenvalue weighted by Gasteiger charge is -2.25. The van der Waals surface area contributed by atoms with Gasteiger partial charge in [-0.25, -0.2) is 4.39 Å². The number of rotatable bonds is 3. The first-order chi connectivity index (χ1) is 14.2. The highest BCUT2D eigenvalue weighted by Gasteiger charge is 2.29. The Morgan fingerprint density at radius 1 is 1.00 bits per heavy atom. The molecule has 3 heterocycles. The van der Waals surface area contributed by atoms with E-state index in [1.807, 2.05) is 24.3 Å². The minimum atomic E-state index is -0.345. The summed E-state index contributed by atoms with van der Waals surface area (Å²) in [6, 6.07) is 14.2.